The zero-order chi connectivity index (χ0) is 19.4. The van der Waals surface area contributed by atoms with E-state index in [2.05, 4.69) is 24.3 Å². The van der Waals surface area contributed by atoms with E-state index in [0.29, 0.717) is 32.1 Å². The molecule has 0 aliphatic carbocycles. The van der Waals surface area contributed by atoms with E-state index in [1.54, 1.807) is 0 Å². The molecule has 0 N–H and O–H groups in total. The summed E-state index contributed by atoms with van der Waals surface area (Å²) in [5.74, 6) is 0.680. The van der Waals surface area contributed by atoms with Crippen LogP contribution in [0.5, 0.6) is 0 Å². The van der Waals surface area contributed by atoms with Crippen molar-refractivity contribution in [1.82, 2.24) is 9.80 Å². The van der Waals surface area contributed by atoms with Crippen LogP contribution in [0.3, 0.4) is 0 Å². The number of likely N-dealkylation sites (tertiary alicyclic amines) is 2. The van der Waals surface area contributed by atoms with Crippen LogP contribution in [0, 0.1) is 11.3 Å². The third-order valence-corrected chi connectivity index (χ3v) is 6.55. The van der Waals surface area contributed by atoms with Gasteiger partial charge in [-0.05, 0) is 31.2 Å². The molecule has 0 atom stereocenters. The highest BCUT2D eigenvalue weighted by molar-refractivity contribution is 5.81. The average molecular weight is 383 g/mol. The summed E-state index contributed by atoms with van der Waals surface area (Å²) < 4.78 is 5.38. The van der Waals surface area contributed by atoms with Gasteiger partial charge in [-0.15, -0.1) is 0 Å². The van der Waals surface area contributed by atoms with Gasteiger partial charge >= 0.3 is 0 Å². The van der Waals surface area contributed by atoms with Crippen molar-refractivity contribution in [2.75, 3.05) is 39.4 Å². The van der Waals surface area contributed by atoms with Crippen molar-refractivity contribution in [1.29, 1.82) is 0 Å². The third-order valence-electron chi connectivity index (χ3n) is 6.55. The van der Waals surface area contributed by atoms with Gasteiger partial charge in [0.15, 0.2) is 0 Å². The van der Waals surface area contributed by atoms with Crippen molar-refractivity contribution in [3.63, 3.8) is 0 Å². The summed E-state index contributed by atoms with van der Waals surface area (Å²) in [7, 11) is 0. The van der Waals surface area contributed by atoms with Crippen LogP contribution in [0.1, 0.15) is 37.7 Å². The minimum Gasteiger partial charge on any atom is -0.381 e. The van der Waals surface area contributed by atoms with Gasteiger partial charge in [-0.25, -0.2) is 0 Å². The molecule has 3 aliphatic rings. The van der Waals surface area contributed by atoms with Crippen LogP contribution < -0.4 is 0 Å². The summed E-state index contributed by atoms with van der Waals surface area (Å²) in [5.41, 5.74) is 1.22. The Balaban J connectivity index is 1.29. The highest BCUT2D eigenvalue weighted by atomic mass is 16.5. The fraction of sp³-hybridized carbons (Fsp3) is 0.565. The molecule has 0 unspecified atom stereocenters. The molecule has 5 nitrogen and oxygen atoms in total. The van der Waals surface area contributed by atoms with E-state index in [1.807, 2.05) is 28.0 Å². The normalized spacial score (nSPS) is 23.1. The summed E-state index contributed by atoms with van der Waals surface area (Å²) in [6.45, 7) is 4.47. The molecule has 28 heavy (non-hydrogen) atoms. The van der Waals surface area contributed by atoms with Crippen LogP contribution in [-0.4, -0.2) is 61.0 Å². The largest absolute Gasteiger partial charge is 0.381 e. The Morgan fingerprint density at radius 2 is 1.86 bits per heavy atom. The smallest absolute Gasteiger partial charge is 0.225 e. The Morgan fingerprint density at radius 3 is 2.57 bits per heavy atom. The quantitative estimate of drug-likeness (QED) is 0.804. The van der Waals surface area contributed by atoms with Crippen LogP contribution in [0.4, 0.5) is 0 Å². The summed E-state index contributed by atoms with van der Waals surface area (Å²) in [6, 6.07) is 10.2. The minimum absolute atomic E-state index is 0.0596. The van der Waals surface area contributed by atoms with E-state index in [1.165, 1.54) is 0 Å². The standard InChI is InChI=1S/C23H30N2O3/c26-21-17-23(18-25(21)12-4-7-19-5-2-1-3-6-19)10-13-24(14-11-23)22(27)20-8-15-28-16-9-20/h1-7,20H,8-18H2. The van der Waals surface area contributed by atoms with Crippen molar-refractivity contribution < 1.29 is 14.3 Å². The van der Waals surface area contributed by atoms with E-state index >= 15 is 0 Å². The maximum absolute atomic E-state index is 12.7. The lowest BCUT2D eigenvalue weighted by atomic mass is 9.77. The molecule has 1 aromatic carbocycles. The van der Waals surface area contributed by atoms with Crippen LogP contribution in [-0.2, 0) is 14.3 Å². The number of piperidine rings is 1. The topological polar surface area (TPSA) is 49.9 Å². The maximum Gasteiger partial charge on any atom is 0.225 e. The highest BCUT2D eigenvalue weighted by Crippen LogP contribution is 2.41. The van der Waals surface area contributed by atoms with Crippen molar-refractivity contribution in [2.45, 2.75) is 32.1 Å². The average Bonchev–Trinajstić information content (AvgIpc) is 3.04. The Bertz CT molecular complexity index is 717. The van der Waals surface area contributed by atoms with Crippen LogP contribution in [0.25, 0.3) is 6.08 Å². The second-order valence-corrected chi connectivity index (χ2v) is 8.48. The number of nitrogens with zero attached hydrogens (tertiary/aromatic N) is 2. The predicted molar refractivity (Wildman–Crippen MR) is 108 cm³/mol. The van der Waals surface area contributed by atoms with Gasteiger partial charge in [-0.1, -0.05) is 42.5 Å². The SMILES string of the molecule is O=C1CC2(CCN(C(=O)C3CCOCC3)CC2)CN1CC=Cc1ccccc1. The molecule has 2 amide bonds. The molecule has 1 aromatic rings. The third kappa shape index (κ3) is 4.30. The molecule has 5 heteroatoms. The van der Waals surface area contributed by atoms with E-state index < -0.39 is 0 Å². The first-order chi connectivity index (χ1) is 13.7. The van der Waals surface area contributed by atoms with E-state index in [0.717, 1.165) is 50.9 Å². The second kappa shape index (κ2) is 8.48. The summed E-state index contributed by atoms with van der Waals surface area (Å²) in [4.78, 5) is 29.3. The van der Waals surface area contributed by atoms with Gasteiger partial charge in [-0.3, -0.25) is 9.59 Å². The zero-order valence-electron chi connectivity index (χ0n) is 16.5. The number of carbonyl (C=O) groups excluding carboxylic acids is 2. The molecular formula is C23H30N2O3. The second-order valence-electron chi connectivity index (χ2n) is 8.48. The van der Waals surface area contributed by atoms with Crippen molar-refractivity contribution >= 4 is 17.9 Å². The number of hydrogen-bond acceptors (Lipinski definition) is 3. The molecule has 0 radical (unpaired) electrons. The van der Waals surface area contributed by atoms with Gasteiger partial charge in [0.05, 0.1) is 0 Å². The Kier molecular flexibility index (Phi) is 5.81. The highest BCUT2D eigenvalue weighted by Gasteiger charge is 2.45. The number of rotatable bonds is 4. The lowest BCUT2D eigenvalue weighted by Gasteiger charge is -2.40. The fourth-order valence-electron chi connectivity index (χ4n) is 4.77. The molecule has 0 bridgehead atoms. The molecule has 0 saturated carbocycles. The van der Waals surface area contributed by atoms with E-state index in [-0.39, 0.29) is 17.2 Å². The lowest BCUT2D eigenvalue weighted by molar-refractivity contribution is -0.140. The first kappa shape index (κ1) is 19.2. The first-order valence-electron chi connectivity index (χ1n) is 10.5. The Labute approximate surface area is 167 Å². The van der Waals surface area contributed by atoms with Gasteiger partial charge < -0.3 is 14.5 Å². The lowest BCUT2D eigenvalue weighted by Crippen LogP contribution is -2.47. The molecule has 3 saturated heterocycles. The summed E-state index contributed by atoms with van der Waals surface area (Å²) in [5, 5.41) is 0. The van der Waals surface area contributed by atoms with Crippen molar-refractivity contribution in [2.24, 2.45) is 11.3 Å². The monoisotopic (exact) mass is 382 g/mol. The van der Waals surface area contributed by atoms with Gasteiger partial charge in [0.25, 0.3) is 0 Å². The first-order valence-corrected chi connectivity index (χ1v) is 10.5. The Hall–Kier alpha value is -2.14. The predicted octanol–water partition coefficient (Wildman–Crippen LogP) is 2.97. The number of carbonyl (C=O) groups is 2. The number of ether oxygens (including phenoxy) is 1. The Morgan fingerprint density at radius 1 is 1.14 bits per heavy atom. The molecule has 150 valence electrons. The molecule has 3 heterocycles. The minimum atomic E-state index is 0.0596. The summed E-state index contributed by atoms with van der Waals surface area (Å²) >= 11 is 0. The number of amides is 2. The van der Waals surface area contributed by atoms with Crippen molar-refractivity contribution in [3.8, 4) is 0 Å². The van der Waals surface area contributed by atoms with Gasteiger partial charge in [0, 0.05) is 57.1 Å². The molecular weight excluding hydrogens is 352 g/mol. The van der Waals surface area contributed by atoms with E-state index in [9.17, 15) is 9.59 Å². The van der Waals surface area contributed by atoms with Crippen molar-refractivity contribution in [3.05, 3.63) is 42.0 Å². The molecule has 3 fully saturated rings. The van der Waals surface area contributed by atoms with Crippen LogP contribution in [0.15, 0.2) is 36.4 Å². The number of benzene rings is 1. The molecule has 0 aromatic heterocycles. The summed E-state index contributed by atoms with van der Waals surface area (Å²) in [6.07, 6.45) is 8.36. The van der Waals surface area contributed by atoms with Gasteiger partial charge in [0.2, 0.25) is 11.8 Å². The zero-order valence-corrected chi connectivity index (χ0v) is 16.5. The molecule has 1 spiro atoms. The van der Waals surface area contributed by atoms with Gasteiger partial charge in [-0.2, -0.15) is 0 Å². The van der Waals surface area contributed by atoms with Crippen LogP contribution >= 0.6 is 0 Å². The maximum atomic E-state index is 12.7. The van der Waals surface area contributed by atoms with Gasteiger partial charge in [0.1, 0.15) is 0 Å². The molecule has 3 aliphatic heterocycles. The van der Waals surface area contributed by atoms with Crippen LogP contribution in [0.2, 0.25) is 0 Å². The molecule has 4 rings (SSSR count). The number of hydrogen-bond donors (Lipinski definition) is 0. The fourth-order valence-corrected chi connectivity index (χ4v) is 4.77. The van der Waals surface area contributed by atoms with E-state index in [4.69, 9.17) is 4.74 Å².